The molecule has 88 valence electrons. The van der Waals surface area contributed by atoms with Crippen LogP contribution in [0.1, 0.15) is 6.92 Å². The van der Waals surface area contributed by atoms with Crippen molar-refractivity contribution < 1.29 is 13.2 Å². The quantitative estimate of drug-likeness (QED) is 0.624. The van der Waals surface area contributed by atoms with Crippen molar-refractivity contribution >= 4 is 15.9 Å². The summed E-state index contributed by atoms with van der Waals surface area (Å²) in [7, 11) is -3.17. The van der Waals surface area contributed by atoms with Crippen LogP contribution in [0.15, 0.2) is 0 Å². The second kappa shape index (κ2) is 4.80. The summed E-state index contributed by atoms with van der Waals surface area (Å²) < 4.78 is 23.2. The van der Waals surface area contributed by atoms with E-state index < -0.39 is 15.1 Å². The van der Waals surface area contributed by atoms with E-state index in [4.69, 9.17) is 5.73 Å². The zero-order chi connectivity index (χ0) is 11.5. The average Bonchev–Trinajstić information content (AvgIpc) is 2.60. The van der Waals surface area contributed by atoms with Crippen LogP contribution < -0.4 is 11.1 Å². The summed E-state index contributed by atoms with van der Waals surface area (Å²) >= 11 is 0. The molecular formula is C8H17N3O3S. The van der Waals surface area contributed by atoms with Gasteiger partial charge in [0, 0.05) is 26.2 Å². The Labute approximate surface area is 89.7 Å². The van der Waals surface area contributed by atoms with Crippen molar-refractivity contribution in [3.05, 3.63) is 0 Å². The van der Waals surface area contributed by atoms with Gasteiger partial charge in [-0.05, 0) is 6.92 Å². The number of carbonyl (C=O) groups excluding carboxylic acids is 1. The second-order valence-electron chi connectivity index (χ2n) is 3.63. The summed E-state index contributed by atoms with van der Waals surface area (Å²) in [5, 5.41) is 2.08. The second-order valence-corrected chi connectivity index (χ2v) is 6.17. The van der Waals surface area contributed by atoms with Crippen LogP contribution in [0, 0.1) is 0 Å². The van der Waals surface area contributed by atoms with Gasteiger partial charge in [0.15, 0.2) is 9.84 Å². The van der Waals surface area contributed by atoms with Crippen molar-refractivity contribution in [2.45, 2.75) is 12.2 Å². The first kappa shape index (κ1) is 12.3. The van der Waals surface area contributed by atoms with Crippen molar-refractivity contribution in [2.75, 3.05) is 31.9 Å². The Kier molecular flexibility index (Phi) is 3.92. The molecule has 0 aromatic carbocycles. The van der Waals surface area contributed by atoms with Gasteiger partial charge in [0.25, 0.3) is 0 Å². The molecule has 1 unspecified atom stereocenters. The maximum atomic E-state index is 11.6. The Morgan fingerprint density at radius 1 is 1.60 bits per heavy atom. The number of amides is 2. The third kappa shape index (κ3) is 3.07. The Balaban J connectivity index is 2.46. The third-order valence-corrected chi connectivity index (χ3v) is 4.71. The van der Waals surface area contributed by atoms with Crippen LogP contribution in [0.5, 0.6) is 0 Å². The predicted octanol–water partition coefficient (Wildman–Crippen LogP) is -1.23. The van der Waals surface area contributed by atoms with E-state index >= 15 is 0 Å². The summed E-state index contributed by atoms with van der Waals surface area (Å²) in [6.45, 7) is 3.11. The number of urea groups is 1. The van der Waals surface area contributed by atoms with Crippen LogP contribution in [0.3, 0.4) is 0 Å². The van der Waals surface area contributed by atoms with Crippen LogP contribution in [0.25, 0.3) is 0 Å². The molecule has 1 rings (SSSR count). The molecule has 0 aromatic heterocycles. The van der Waals surface area contributed by atoms with Gasteiger partial charge < -0.3 is 16.0 Å². The highest BCUT2D eigenvalue weighted by atomic mass is 32.2. The van der Waals surface area contributed by atoms with Gasteiger partial charge in [-0.1, -0.05) is 0 Å². The van der Waals surface area contributed by atoms with Gasteiger partial charge in [-0.15, -0.1) is 0 Å². The highest BCUT2D eigenvalue weighted by Crippen LogP contribution is 2.03. The van der Waals surface area contributed by atoms with E-state index in [1.54, 1.807) is 6.92 Å². The summed E-state index contributed by atoms with van der Waals surface area (Å²) in [5.74, 6) is -0.0151. The molecule has 0 aliphatic carbocycles. The maximum Gasteiger partial charge on any atom is 0.317 e. The molecular weight excluding hydrogens is 218 g/mol. The molecule has 1 aliphatic heterocycles. The zero-order valence-electron chi connectivity index (χ0n) is 8.77. The maximum absolute atomic E-state index is 11.6. The first-order valence-electron chi connectivity index (χ1n) is 4.92. The molecule has 15 heavy (non-hydrogen) atoms. The Morgan fingerprint density at radius 2 is 2.27 bits per heavy atom. The molecule has 1 saturated heterocycles. The van der Waals surface area contributed by atoms with Gasteiger partial charge in [-0.2, -0.15) is 0 Å². The molecule has 0 radical (unpaired) electrons. The minimum Gasteiger partial charge on any atom is -0.336 e. The van der Waals surface area contributed by atoms with Crippen LogP contribution in [-0.2, 0) is 9.84 Å². The van der Waals surface area contributed by atoms with E-state index in [0.717, 1.165) is 0 Å². The molecule has 3 N–H and O–H groups in total. The Hall–Kier alpha value is -0.820. The molecule has 0 spiro atoms. The van der Waals surface area contributed by atoms with Crippen LogP contribution in [-0.4, -0.2) is 56.5 Å². The van der Waals surface area contributed by atoms with E-state index in [-0.39, 0.29) is 24.9 Å². The molecule has 2 amide bonds. The van der Waals surface area contributed by atoms with E-state index in [2.05, 4.69) is 5.32 Å². The fourth-order valence-corrected chi connectivity index (χ4v) is 2.48. The van der Waals surface area contributed by atoms with E-state index in [1.165, 1.54) is 4.90 Å². The minimum absolute atomic E-state index is 0.0151. The van der Waals surface area contributed by atoms with Gasteiger partial charge in [-0.25, -0.2) is 13.2 Å². The van der Waals surface area contributed by atoms with Crippen LogP contribution in [0.4, 0.5) is 4.79 Å². The summed E-state index contributed by atoms with van der Waals surface area (Å²) in [6, 6.07) is -0.189. The number of carbonyl (C=O) groups is 1. The van der Waals surface area contributed by atoms with Gasteiger partial charge in [0.05, 0.1) is 11.0 Å². The van der Waals surface area contributed by atoms with Crippen LogP contribution in [0.2, 0.25) is 0 Å². The van der Waals surface area contributed by atoms with Crippen molar-refractivity contribution in [1.82, 2.24) is 10.2 Å². The van der Waals surface area contributed by atoms with E-state index in [0.29, 0.717) is 13.1 Å². The van der Waals surface area contributed by atoms with Crippen molar-refractivity contribution in [3.63, 3.8) is 0 Å². The first-order chi connectivity index (χ1) is 6.97. The lowest BCUT2D eigenvalue weighted by Gasteiger charge is -2.16. The average molecular weight is 235 g/mol. The SMILES string of the molecule is CC(CN)S(=O)(=O)CCN1CCNC1=O. The minimum atomic E-state index is -3.17. The molecule has 0 bridgehead atoms. The van der Waals surface area contributed by atoms with E-state index in [9.17, 15) is 13.2 Å². The molecule has 0 saturated carbocycles. The summed E-state index contributed by atoms with van der Waals surface area (Å²) in [4.78, 5) is 12.6. The largest absolute Gasteiger partial charge is 0.336 e. The van der Waals surface area contributed by atoms with Crippen molar-refractivity contribution in [2.24, 2.45) is 5.73 Å². The normalized spacial score (nSPS) is 19.1. The topological polar surface area (TPSA) is 92.5 Å². The number of rotatable bonds is 5. The van der Waals surface area contributed by atoms with Gasteiger partial charge in [0.1, 0.15) is 0 Å². The van der Waals surface area contributed by atoms with Gasteiger partial charge in [-0.3, -0.25) is 0 Å². The molecule has 1 fully saturated rings. The number of hydrogen-bond donors (Lipinski definition) is 2. The monoisotopic (exact) mass is 235 g/mol. The van der Waals surface area contributed by atoms with Crippen molar-refractivity contribution in [3.8, 4) is 0 Å². The Bertz CT molecular complexity index is 328. The molecule has 7 heteroatoms. The number of nitrogens with zero attached hydrogens (tertiary/aromatic N) is 1. The zero-order valence-corrected chi connectivity index (χ0v) is 9.59. The fourth-order valence-electron chi connectivity index (χ4n) is 1.31. The number of sulfone groups is 1. The molecule has 1 atom stereocenters. The predicted molar refractivity (Wildman–Crippen MR) is 57.3 cm³/mol. The molecule has 1 heterocycles. The smallest absolute Gasteiger partial charge is 0.317 e. The van der Waals surface area contributed by atoms with Gasteiger partial charge in [0.2, 0.25) is 0 Å². The number of nitrogens with one attached hydrogen (secondary N) is 1. The first-order valence-corrected chi connectivity index (χ1v) is 6.63. The number of nitrogens with two attached hydrogens (primary N) is 1. The lowest BCUT2D eigenvalue weighted by molar-refractivity contribution is 0.220. The molecule has 0 aromatic rings. The van der Waals surface area contributed by atoms with Crippen molar-refractivity contribution in [1.29, 1.82) is 0 Å². The fraction of sp³-hybridized carbons (Fsp3) is 0.875. The number of hydrogen-bond acceptors (Lipinski definition) is 4. The van der Waals surface area contributed by atoms with E-state index in [1.807, 2.05) is 0 Å². The highest BCUT2D eigenvalue weighted by Gasteiger charge is 2.24. The highest BCUT2D eigenvalue weighted by molar-refractivity contribution is 7.92. The summed E-state index contributed by atoms with van der Waals surface area (Å²) in [6.07, 6.45) is 0. The van der Waals surface area contributed by atoms with Gasteiger partial charge >= 0.3 is 6.03 Å². The van der Waals surface area contributed by atoms with Crippen LogP contribution >= 0.6 is 0 Å². The standard InChI is InChI=1S/C8H17N3O3S/c1-7(6-9)15(13,14)5-4-11-3-2-10-8(11)12/h7H,2-6,9H2,1H3,(H,10,12). The lowest BCUT2D eigenvalue weighted by Crippen LogP contribution is -2.36. The lowest BCUT2D eigenvalue weighted by atomic mass is 10.5. The third-order valence-electron chi connectivity index (χ3n) is 2.54. The molecule has 6 nitrogen and oxygen atoms in total. The summed E-state index contributed by atoms with van der Waals surface area (Å²) in [5.41, 5.74) is 5.30. The Morgan fingerprint density at radius 3 is 2.73 bits per heavy atom. The molecule has 1 aliphatic rings.